The van der Waals surface area contributed by atoms with Crippen molar-refractivity contribution < 1.29 is 14.3 Å². The number of aromatic carboxylic acids is 1. The highest BCUT2D eigenvalue weighted by Gasteiger charge is 2.18. The number of aryl methyl sites for hydroxylation is 3. The second-order valence-corrected chi connectivity index (χ2v) is 4.52. The zero-order valence-electron chi connectivity index (χ0n) is 11.2. The maximum Gasteiger partial charge on any atom is 0.341 e. The molecule has 0 spiro atoms. The van der Waals surface area contributed by atoms with Crippen molar-refractivity contribution in [2.24, 2.45) is 0 Å². The van der Waals surface area contributed by atoms with Crippen LogP contribution in [0.4, 0.5) is 0 Å². The Hall–Kier alpha value is -2.70. The Morgan fingerprint density at radius 2 is 2.05 bits per heavy atom. The molecule has 3 heterocycles. The first-order chi connectivity index (χ1) is 9.47. The van der Waals surface area contributed by atoms with Gasteiger partial charge < -0.3 is 9.52 Å². The average molecular weight is 272 g/mol. The fourth-order valence-corrected chi connectivity index (χ4v) is 2.15. The Morgan fingerprint density at radius 3 is 2.65 bits per heavy atom. The molecule has 0 saturated carbocycles. The number of rotatable bonds is 2. The number of hydrogen-bond donors (Lipinski definition) is 1. The minimum atomic E-state index is -1.06. The number of nitrogens with zero attached hydrogens (tertiary/aromatic N) is 4. The van der Waals surface area contributed by atoms with Crippen molar-refractivity contribution in [1.82, 2.24) is 19.6 Å². The Kier molecular flexibility index (Phi) is 2.56. The van der Waals surface area contributed by atoms with Gasteiger partial charge in [-0.25, -0.2) is 19.3 Å². The molecule has 3 aromatic rings. The molecule has 3 aromatic heterocycles. The van der Waals surface area contributed by atoms with Gasteiger partial charge in [-0.15, -0.1) is 0 Å². The van der Waals surface area contributed by atoms with Crippen LogP contribution in [0.3, 0.4) is 0 Å². The summed E-state index contributed by atoms with van der Waals surface area (Å²) in [4.78, 5) is 19.8. The summed E-state index contributed by atoms with van der Waals surface area (Å²) < 4.78 is 6.89. The van der Waals surface area contributed by atoms with E-state index in [1.165, 1.54) is 10.7 Å². The van der Waals surface area contributed by atoms with Gasteiger partial charge in [-0.05, 0) is 19.9 Å². The van der Waals surface area contributed by atoms with E-state index in [1.807, 2.05) is 6.92 Å². The second kappa shape index (κ2) is 4.16. The van der Waals surface area contributed by atoms with E-state index >= 15 is 0 Å². The number of carboxylic acids is 1. The van der Waals surface area contributed by atoms with Crippen LogP contribution in [-0.2, 0) is 0 Å². The number of aromatic nitrogens is 4. The van der Waals surface area contributed by atoms with Crippen molar-refractivity contribution in [1.29, 1.82) is 0 Å². The van der Waals surface area contributed by atoms with Crippen LogP contribution >= 0.6 is 0 Å². The summed E-state index contributed by atoms with van der Waals surface area (Å²) in [6.07, 6.45) is 1.29. The van der Waals surface area contributed by atoms with Crippen molar-refractivity contribution in [3.8, 4) is 11.4 Å². The molecule has 102 valence electrons. The van der Waals surface area contributed by atoms with Crippen molar-refractivity contribution in [3.05, 3.63) is 35.2 Å². The molecule has 0 radical (unpaired) electrons. The monoisotopic (exact) mass is 272 g/mol. The highest BCUT2D eigenvalue weighted by Crippen LogP contribution is 2.24. The summed E-state index contributed by atoms with van der Waals surface area (Å²) in [5.41, 5.74) is 2.33. The predicted molar refractivity (Wildman–Crippen MR) is 69.7 cm³/mol. The Bertz CT molecular complexity index is 832. The molecule has 0 aromatic carbocycles. The summed E-state index contributed by atoms with van der Waals surface area (Å²) in [5, 5.41) is 13.2. The first-order valence-electron chi connectivity index (χ1n) is 6.00. The van der Waals surface area contributed by atoms with Gasteiger partial charge in [0.1, 0.15) is 17.0 Å². The lowest BCUT2D eigenvalue weighted by Gasteiger charge is -2.03. The fraction of sp³-hybridized carbons (Fsp3) is 0.231. The Labute approximate surface area is 113 Å². The molecule has 0 unspecified atom stereocenters. The number of oxazole rings is 1. The van der Waals surface area contributed by atoms with Crippen LogP contribution in [-0.4, -0.2) is 30.7 Å². The van der Waals surface area contributed by atoms with Crippen molar-refractivity contribution >= 4 is 11.6 Å². The molecular formula is C13H12N4O3. The average Bonchev–Trinajstić information content (AvgIpc) is 2.92. The van der Waals surface area contributed by atoms with Crippen LogP contribution in [0.25, 0.3) is 17.0 Å². The van der Waals surface area contributed by atoms with Crippen molar-refractivity contribution in [3.63, 3.8) is 0 Å². The number of carbonyl (C=O) groups is 1. The molecule has 0 aliphatic rings. The molecule has 0 aliphatic carbocycles. The summed E-state index contributed by atoms with van der Waals surface area (Å²) in [6, 6.07) is 1.80. The van der Waals surface area contributed by atoms with Crippen LogP contribution in [0.15, 0.2) is 16.7 Å². The van der Waals surface area contributed by atoms with Gasteiger partial charge in [0.25, 0.3) is 0 Å². The topological polar surface area (TPSA) is 93.5 Å². The molecule has 7 heteroatoms. The smallest absolute Gasteiger partial charge is 0.341 e. The third-order valence-corrected chi connectivity index (χ3v) is 3.03. The van der Waals surface area contributed by atoms with Gasteiger partial charge in [-0.3, -0.25) is 0 Å². The van der Waals surface area contributed by atoms with Crippen LogP contribution in [0.1, 0.15) is 27.7 Å². The standard InChI is InChI=1S/C13H12N4O3/c1-6-4-10(11-7(2)20-8(3)15-11)16-12-9(13(18)19)5-14-17(6)12/h4-5H,1-3H3,(H,18,19). The van der Waals surface area contributed by atoms with Gasteiger partial charge in [0.2, 0.25) is 0 Å². The molecule has 0 bridgehead atoms. The third-order valence-electron chi connectivity index (χ3n) is 3.03. The zero-order valence-corrected chi connectivity index (χ0v) is 11.2. The quantitative estimate of drug-likeness (QED) is 0.767. The first-order valence-corrected chi connectivity index (χ1v) is 6.00. The number of carboxylic acid groups (broad SMARTS) is 1. The molecule has 0 fully saturated rings. The van der Waals surface area contributed by atoms with Gasteiger partial charge in [0.15, 0.2) is 11.5 Å². The van der Waals surface area contributed by atoms with E-state index in [0.717, 1.165) is 5.69 Å². The van der Waals surface area contributed by atoms with Crippen LogP contribution in [0, 0.1) is 20.8 Å². The van der Waals surface area contributed by atoms with E-state index in [9.17, 15) is 4.79 Å². The predicted octanol–water partition coefficient (Wildman–Crippen LogP) is 2.01. The molecule has 0 amide bonds. The van der Waals surface area contributed by atoms with Gasteiger partial charge in [-0.2, -0.15) is 5.10 Å². The highest BCUT2D eigenvalue weighted by molar-refractivity contribution is 5.94. The summed E-state index contributed by atoms with van der Waals surface area (Å²) >= 11 is 0. The van der Waals surface area contributed by atoms with E-state index < -0.39 is 5.97 Å². The maximum absolute atomic E-state index is 11.2. The second-order valence-electron chi connectivity index (χ2n) is 4.52. The molecule has 0 saturated heterocycles. The fourth-order valence-electron chi connectivity index (χ4n) is 2.15. The molecule has 20 heavy (non-hydrogen) atoms. The van der Waals surface area contributed by atoms with Gasteiger partial charge in [-0.1, -0.05) is 0 Å². The zero-order chi connectivity index (χ0) is 14.4. The maximum atomic E-state index is 11.2. The van der Waals surface area contributed by atoms with Crippen LogP contribution < -0.4 is 0 Å². The largest absolute Gasteiger partial charge is 0.477 e. The normalized spacial score (nSPS) is 11.2. The van der Waals surface area contributed by atoms with Gasteiger partial charge in [0, 0.05) is 12.6 Å². The minimum Gasteiger partial charge on any atom is -0.477 e. The van der Waals surface area contributed by atoms with E-state index in [0.29, 0.717) is 28.7 Å². The third kappa shape index (κ3) is 1.75. The molecule has 0 atom stereocenters. The van der Waals surface area contributed by atoms with Gasteiger partial charge in [0.05, 0.1) is 11.9 Å². The molecule has 1 N–H and O–H groups in total. The SMILES string of the molecule is Cc1nc(-c2cc(C)n3ncc(C(=O)O)c3n2)c(C)o1. The number of hydrogen-bond acceptors (Lipinski definition) is 5. The molecule has 7 nitrogen and oxygen atoms in total. The molecule has 0 aliphatic heterocycles. The number of fused-ring (bicyclic) bond motifs is 1. The van der Waals surface area contributed by atoms with Gasteiger partial charge >= 0.3 is 5.97 Å². The lowest BCUT2D eigenvalue weighted by molar-refractivity contribution is 0.0699. The Balaban J connectivity index is 2.30. The van der Waals surface area contributed by atoms with Crippen molar-refractivity contribution in [2.45, 2.75) is 20.8 Å². The van der Waals surface area contributed by atoms with E-state index in [1.54, 1.807) is 19.9 Å². The van der Waals surface area contributed by atoms with E-state index in [-0.39, 0.29) is 5.56 Å². The summed E-state index contributed by atoms with van der Waals surface area (Å²) in [7, 11) is 0. The molecule has 3 rings (SSSR count). The lowest BCUT2D eigenvalue weighted by atomic mass is 10.2. The van der Waals surface area contributed by atoms with E-state index in [4.69, 9.17) is 9.52 Å². The summed E-state index contributed by atoms with van der Waals surface area (Å²) in [5.74, 6) is 0.135. The Morgan fingerprint density at radius 1 is 1.30 bits per heavy atom. The lowest BCUT2D eigenvalue weighted by Crippen LogP contribution is -2.02. The van der Waals surface area contributed by atoms with Crippen molar-refractivity contribution in [2.75, 3.05) is 0 Å². The molecular weight excluding hydrogens is 260 g/mol. The van der Waals surface area contributed by atoms with Crippen LogP contribution in [0.2, 0.25) is 0 Å². The summed E-state index contributed by atoms with van der Waals surface area (Å²) in [6.45, 7) is 5.38. The first kappa shape index (κ1) is 12.3. The minimum absolute atomic E-state index is 0.0628. The van der Waals surface area contributed by atoms with E-state index in [2.05, 4.69) is 15.1 Å². The van der Waals surface area contributed by atoms with Crippen LogP contribution in [0.5, 0.6) is 0 Å². The highest BCUT2D eigenvalue weighted by atomic mass is 16.4.